The number of piperidine rings is 1. The van der Waals surface area contributed by atoms with Crippen LogP contribution in [0.5, 0.6) is 0 Å². The van der Waals surface area contributed by atoms with Gasteiger partial charge in [-0.1, -0.05) is 56.9 Å². The van der Waals surface area contributed by atoms with Crippen molar-refractivity contribution in [3.8, 4) is 11.3 Å². The lowest BCUT2D eigenvalue weighted by atomic mass is 9.75. The lowest BCUT2D eigenvalue weighted by Gasteiger charge is -2.55. The maximum absolute atomic E-state index is 14.2. The van der Waals surface area contributed by atoms with Gasteiger partial charge in [-0.25, -0.2) is 9.28 Å². The average Bonchev–Trinajstić information content (AvgIpc) is 3.42. The first-order chi connectivity index (χ1) is 19.6. The summed E-state index contributed by atoms with van der Waals surface area (Å²) >= 11 is 0. The van der Waals surface area contributed by atoms with Crippen LogP contribution in [0.2, 0.25) is 0 Å². The minimum absolute atomic E-state index is 0.0208. The molecule has 224 valence electrons. The zero-order valence-corrected chi connectivity index (χ0v) is 24.3. The Bertz CT molecular complexity index is 1230. The summed E-state index contributed by atoms with van der Waals surface area (Å²) in [5.74, 6) is 1.51. The van der Waals surface area contributed by atoms with Crippen molar-refractivity contribution in [3.63, 3.8) is 0 Å². The Labute approximate surface area is 240 Å². The van der Waals surface area contributed by atoms with Crippen LogP contribution < -0.4 is 5.32 Å². The van der Waals surface area contributed by atoms with Gasteiger partial charge >= 0.3 is 12.1 Å². The van der Waals surface area contributed by atoms with Crippen LogP contribution in [0.25, 0.3) is 11.3 Å². The third-order valence-electron chi connectivity index (χ3n) is 9.88. The van der Waals surface area contributed by atoms with Crippen molar-refractivity contribution in [2.45, 2.75) is 95.4 Å². The molecule has 1 saturated carbocycles. The molecule has 1 aromatic heterocycles. The number of rotatable bonds is 8. The smallest absolute Gasteiger partial charge is 0.393 e. The largest absolute Gasteiger partial charge is 0.460 e. The van der Waals surface area contributed by atoms with Crippen LogP contribution in [0, 0.1) is 5.92 Å². The monoisotopic (exact) mass is 574 g/mol. The van der Waals surface area contributed by atoms with Gasteiger partial charge in [-0.15, -0.1) is 0 Å². The van der Waals surface area contributed by atoms with Crippen LogP contribution in [0.15, 0.2) is 40.8 Å². The second-order valence-corrected chi connectivity index (χ2v) is 12.5. The van der Waals surface area contributed by atoms with Crippen LogP contribution in [0.3, 0.4) is 0 Å². The third-order valence-corrected chi connectivity index (χ3v) is 9.88. The Morgan fingerprint density at radius 2 is 1.76 bits per heavy atom. The second kappa shape index (κ2) is 11.9. The van der Waals surface area contributed by atoms with Gasteiger partial charge in [-0.2, -0.15) is 13.2 Å². The summed E-state index contributed by atoms with van der Waals surface area (Å²) < 4.78 is 45.5. The number of quaternary nitrogens is 1. The number of carbonyl (C=O) groups excluding carboxylic acids is 2. The van der Waals surface area contributed by atoms with Crippen LogP contribution in [-0.2, 0) is 22.6 Å². The number of alkyl halides is 3. The molecule has 2 atom stereocenters. The summed E-state index contributed by atoms with van der Waals surface area (Å²) in [5, 5.41) is 3.21. The fourth-order valence-electron chi connectivity index (χ4n) is 7.43. The van der Waals surface area contributed by atoms with Crippen molar-refractivity contribution in [2.75, 3.05) is 26.7 Å². The molecule has 9 heteroatoms. The Hall–Kier alpha value is -2.65. The number of carbonyl (C=O) groups is 2. The van der Waals surface area contributed by atoms with Crippen molar-refractivity contribution < 1.29 is 31.7 Å². The molecule has 1 aromatic carbocycles. The van der Waals surface area contributed by atoms with Crippen molar-refractivity contribution in [1.29, 1.82) is 0 Å². The second-order valence-electron chi connectivity index (χ2n) is 12.5. The zero-order chi connectivity index (χ0) is 29.3. The third kappa shape index (κ3) is 5.98. The van der Waals surface area contributed by atoms with Gasteiger partial charge in [0.1, 0.15) is 17.6 Å². The standard InChI is InChI=1S/C32H42F3N3O3/c1-3-4-20-38(2)29(39)28(23-10-6-5-7-11-23)36-30(40)31(38)16-18-37(19-17-31)22-25-14-15-27(41-25)26-13-9-8-12-24(26)21-32(33,34)35/h8-9,12-15,23,28H,3-7,10-11,16-22H2,1-2H3/p+1. The number of hydrogen-bond donors (Lipinski definition) is 1. The summed E-state index contributed by atoms with van der Waals surface area (Å²) in [5.41, 5.74) is -0.147. The Morgan fingerprint density at radius 3 is 2.44 bits per heavy atom. The van der Waals surface area contributed by atoms with Gasteiger partial charge in [0.05, 0.1) is 26.6 Å². The molecule has 1 spiro atoms. The van der Waals surface area contributed by atoms with E-state index >= 15 is 0 Å². The quantitative estimate of drug-likeness (QED) is 0.380. The predicted octanol–water partition coefficient (Wildman–Crippen LogP) is 6.24. The molecule has 2 aliphatic heterocycles. The maximum atomic E-state index is 14.2. The minimum atomic E-state index is -4.30. The summed E-state index contributed by atoms with van der Waals surface area (Å²) in [6, 6.07) is 9.61. The summed E-state index contributed by atoms with van der Waals surface area (Å²) in [4.78, 5) is 30.3. The van der Waals surface area contributed by atoms with E-state index in [0.717, 1.165) is 38.5 Å². The van der Waals surface area contributed by atoms with Crippen LogP contribution >= 0.6 is 0 Å². The molecule has 2 amide bonds. The van der Waals surface area contributed by atoms with Crippen molar-refractivity contribution in [1.82, 2.24) is 10.2 Å². The molecule has 41 heavy (non-hydrogen) atoms. The summed E-state index contributed by atoms with van der Waals surface area (Å²) in [6.45, 7) is 4.56. The number of nitrogens with zero attached hydrogens (tertiary/aromatic N) is 2. The first-order valence-corrected chi connectivity index (χ1v) is 15.2. The highest BCUT2D eigenvalue weighted by molar-refractivity contribution is 5.95. The van der Waals surface area contributed by atoms with Gasteiger partial charge in [-0.3, -0.25) is 9.69 Å². The van der Waals surface area contributed by atoms with E-state index < -0.39 is 24.2 Å². The normalized spacial score (nSPS) is 25.9. The van der Waals surface area contributed by atoms with E-state index in [1.807, 2.05) is 13.1 Å². The molecule has 3 aliphatic rings. The van der Waals surface area contributed by atoms with Crippen molar-refractivity contribution in [3.05, 3.63) is 47.7 Å². The van der Waals surface area contributed by atoms with E-state index in [4.69, 9.17) is 4.42 Å². The maximum Gasteiger partial charge on any atom is 0.393 e. The number of likely N-dealkylation sites (N-methyl/N-ethyl adjacent to an activating group) is 1. The number of piperazine rings is 1. The molecule has 2 saturated heterocycles. The number of benzene rings is 1. The Kier molecular flexibility index (Phi) is 8.67. The molecule has 2 aromatic rings. The number of hydrogen-bond acceptors (Lipinski definition) is 4. The zero-order valence-electron chi connectivity index (χ0n) is 24.3. The molecule has 0 bridgehead atoms. The molecule has 1 N–H and O–H groups in total. The van der Waals surface area contributed by atoms with E-state index in [1.165, 1.54) is 12.5 Å². The fourth-order valence-corrected chi connectivity index (χ4v) is 7.43. The number of furan rings is 1. The molecule has 5 rings (SSSR count). The highest BCUT2D eigenvalue weighted by Crippen LogP contribution is 2.42. The van der Waals surface area contributed by atoms with Crippen molar-refractivity contribution >= 4 is 11.8 Å². The molecule has 2 unspecified atom stereocenters. The molecule has 3 fully saturated rings. The first kappa shape index (κ1) is 29.8. The lowest BCUT2D eigenvalue weighted by molar-refractivity contribution is -0.883. The lowest BCUT2D eigenvalue weighted by Crippen LogP contribution is -2.81. The van der Waals surface area contributed by atoms with Gasteiger partial charge < -0.3 is 9.73 Å². The number of nitrogens with one attached hydrogen (secondary N) is 1. The molecule has 1 aliphatic carbocycles. The van der Waals surface area contributed by atoms with E-state index in [1.54, 1.807) is 24.3 Å². The molecular weight excluding hydrogens is 531 g/mol. The predicted molar refractivity (Wildman–Crippen MR) is 151 cm³/mol. The average molecular weight is 575 g/mol. The van der Waals surface area contributed by atoms with Gasteiger partial charge in [0.25, 0.3) is 5.91 Å². The van der Waals surface area contributed by atoms with E-state index in [2.05, 4.69) is 17.1 Å². The highest BCUT2D eigenvalue weighted by Gasteiger charge is 2.64. The van der Waals surface area contributed by atoms with E-state index in [0.29, 0.717) is 56.1 Å². The summed E-state index contributed by atoms with van der Waals surface area (Å²) in [7, 11) is 2.00. The van der Waals surface area contributed by atoms with Crippen LogP contribution in [0.4, 0.5) is 13.2 Å². The molecule has 6 nitrogen and oxygen atoms in total. The minimum Gasteiger partial charge on any atom is -0.460 e. The van der Waals surface area contributed by atoms with E-state index in [9.17, 15) is 22.8 Å². The molecule has 0 radical (unpaired) electrons. The number of likely N-dealkylation sites (tertiary alicyclic amines) is 1. The Balaban J connectivity index is 1.29. The van der Waals surface area contributed by atoms with Gasteiger partial charge in [0.15, 0.2) is 5.54 Å². The number of unbranched alkanes of at least 4 members (excludes halogenated alkanes) is 1. The van der Waals surface area contributed by atoms with Crippen molar-refractivity contribution in [2.24, 2.45) is 5.92 Å². The van der Waals surface area contributed by atoms with E-state index in [-0.39, 0.29) is 27.8 Å². The molecular formula is C32H43F3N3O3+. The van der Waals surface area contributed by atoms with Gasteiger partial charge in [0, 0.05) is 31.5 Å². The Morgan fingerprint density at radius 1 is 1.05 bits per heavy atom. The number of amides is 2. The fraction of sp³-hybridized carbons (Fsp3) is 0.625. The highest BCUT2D eigenvalue weighted by atomic mass is 19.4. The number of halogens is 3. The van der Waals surface area contributed by atoms with Gasteiger partial charge in [-0.05, 0) is 42.9 Å². The van der Waals surface area contributed by atoms with Crippen LogP contribution in [0.1, 0.15) is 76.0 Å². The van der Waals surface area contributed by atoms with Gasteiger partial charge in [0.2, 0.25) is 0 Å². The topological polar surface area (TPSA) is 62.6 Å². The SMILES string of the molecule is CCCC[N+]1(C)C(=O)C(C2CCCCC2)NC(=O)C12CCN(Cc1ccc(-c3ccccc3CC(F)(F)F)o1)CC2. The first-order valence-electron chi connectivity index (χ1n) is 15.2. The van der Waals surface area contributed by atoms with Crippen LogP contribution in [-0.4, -0.2) is 65.6 Å². The summed E-state index contributed by atoms with van der Waals surface area (Å²) in [6.07, 6.45) is 3.12. The molecule has 3 heterocycles.